The maximum atomic E-state index is 11.9. The van der Waals surface area contributed by atoms with Gasteiger partial charge in [0, 0.05) is 6.54 Å². The minimum Gasteiger partial charge on any atom is -0.508 e. The molecule has 1 aromatic rings. The largest absolute Gasteiger partial charge is 0.508 e. The van der Waals surface area contributed by atoms with E-state index in [1.54, 1.807) is 12.1 Å². The van der Waals surface area contributed by atoms with Crippen LogP contribution < -0.4 is 11.1 Å². The van der Waals surface area contributed by atoms with E-state index in [1.165, 1.54) is 12.1 Å². The highest BCUT2D eigenvalue weighted by atomic mass is 16.4. The molecule has 0 spiro atoms. The number of phenolic OH excluding ortho intramolecular Hbond substituents is 1. The fourth-order valence-electron chi connectivity index (χ4n) is 2.44. The Morgan fingerprint density at radius 1 is 1.29 bits per heavy atom. The van der Waals surface area contributed by atoms with Gasteiger partial charge in [-0.25, -0.2) is 0 Å². The lowest BCUT2D eigenvalue weighted by molar-refractivity contribution is -0.154. The first-order valence-corrected chi connectivity index (χ1v) is 6.97. The Morgan fingerprint density at radius 3 is 2.38 bits per heavy atom. The van der Waals surface area contributed by atoms with Gasteiger partial charge in [0.2, 0.25) is 5.91 Å². The van der Waals surface area contributed by atoms with E-state index >= 15 is 0 Å². The molecule has 5 N–H and O–H groups in total. The molecule has 6 heteroatoms. The van der Waals surface area contributed by atoms with E-state index in [2.05, 4.69) is 5.32 Å². The van der Waals surface area contributed by atoms with Crippen molar-refractivity contribution in [2.24, 2.45) is 11.1 Å². The first-order valence-electron chi connectivity index (χ1n) is 6.97. The topological polar surface area (TPSA) is 113 Å². The molecule has 0 bridgehead atoms. The van der Waals surface area contributed by atoms with Gasteiger partial charge in [0.25, 0.3) is 0 Å². The SMILES string of the molecule is NC(Cc1ccc(O)cc1)C(=O)NCC1(C(=O)O)CCC1. The van der Waals surface area contributed by atoms with Gasteiger partial charge in [-0.2, -0.15) is 0 Å². The van der Waals surface area contributed by atoms with Crippen molar-refractivity contribution in [2.45, 2.75) is 31.7 Å². The summed E-state index contributed by atoms with van der Waals surface area (Å²) in [6.07, 6.45) is 2.40. The second-order valence-corrected chi connectivity index (χ2v) is 5.63. The monoisotopic (exact) mass is 292 g/mol. The molecule has 1 aliphatic rings. The number of carboxylic acids is 1. The molecule has 0 heterocycles. The first kappa shape index (κ1) is 15.3. The smallest absolute Gasteiger partial charge is 0.311 e. The lowest BCUT2D eigenvalue weighted by atomic mass is 9.69. The van der Waals surface area contributed by atoms with Crippen LogP contribution in [0.1, 0.15) is 24.8 Å². The fourth-order valence-corrected chi connectivity index (χ4v) is 2.44. The van der Waals surface area contributed by atoms with Crippen LogP contribution in [0.2, 0.25) is 0 Å². The molecule has 6 nitrogen and oxygen atoms in total. The number of amides is 1. The van der Waals surface area contributed by atoms with Crippen LogP contribution in [0.5, 0.6) is 5.75 Å². The molecule has 1 atom stereocenters. The van der Waals surface area contributed by atoms with E-state index in [4.69, 9.17) is 5.73 Å². The zero-order chi connectivity index (χ0) is 15.5. The average Bonchev–Trinajstić information content (AvgIpc) is 2.39. The predicted octanol–water partition coefficient (Wildman–Crippen LogP) is 0.633. The molecule has 1 fully saturated rings. The van der Waals surface area contributed by atoms with Crippen molar-refractivity contribution in [1.29, 1.82) is 0 Å². The number of nitrogens with one attached hydrogen (secondary N) is 1. The zero-order valence-electron chi connectivity index (χ0n) is 11.7. The van der Waals surface area contributed by atoms with Crippen LogP contribution in [0.25, 0.3) is 0 Å². The zero-order valence-corrected chi connectivity index (χ0v) is 11.7. The standard InChI is InChI=1S/C15H20N2O4/c16-12(8-10-2-4-11(18)5-3-10)13(19)17-9-15(14(20)21)6-1-7-15/h2-5,12,18H,1,6-9,16H2,(H,17,19)(H,20,21). The summed E-state index contributed by atoms with van der Waals surface area (Å²) in [5.41, 5.74) is 5.86. The number of aliphatic carboxylic acids is 1. The number of hydrogen-bond acceptors (Lipinski definition) is 4. The lowest BCUT2D eigenvalue weighted by Crippen LogP contribution is -2.51. The summed E-state index contributed by atoms with van der Waals surface area (Å²) in [5, 5.41) is 21.0. The summed E-state index contributed by atoms with van der Waals surface area (Å²) >= 11 is 0. The number of carbonyl (C=O) groups is 2. The van der Waals surface area contributed by atoms with Crippen molar-refractivity contribution in [1.82, 2.24) is 5.32 Å². The second-order valence-electron chi connectivity index (χ2n) is 5.63. The molecule has 0 saturated heterocycles. The Kier molecular flexibility index (Phi) is 4.47. The number of nitrogens with two attached hydrogens (primary N) is 1. The van der Waals surface area contributed by atoms with Gasteiger partial charge in [-0.05, 0) is 37.0 Å². The van der Waals surface area contributed by atoms with Crippen LogP contribution in [0.3, 0.4) is 0 Å². The number of carboxylic acid groups (broad SMARTS) is 1. The predicted molar refractivity (Wildman–Crippen MR) is 76.7 cm³/mol. The van der Waals surface area contributed by atoms with Gasteiger partial charge >= 0.3 is 5.97 Å². The van der Waals surface area contributed by atoms with E-state index in [9.17, 15) is 19.8 Å². The van der Waals surface area contributed by atoms with Gasteiger partial charge in [0.15, 0.2) is 0 Å². The number of hydrogen-bond donors (Lipinski definition) is 4. The normalized spacial score (nSPS) is 17.6. The molecule has 0 radical (unpaired) electrons. The molecule has 1 aliphatic carbocycles. The Balaban J connectivity index is 1.85. The van der Waals surface area contributed by atoms with E-state index in [0.29, 0.717) is 19.3 Å². The first-order chi connectivity index (χ1) is 9.93. The van der Waals surface area contributed by atoms with Gasteiger partial charge in [0.05, 0.1) is 11.5 Å². The molecule has 1 amide bonds. The summed E-state index contributed by atoms with van der Waals surface area (Å²) < 4.78 is 0. The van der Waals surface area contributed by atoms with E-state index < -0.39 is 17.4 Å². The third-order valence-electron chi connectivity index (χ3n) is 4.09. The molecule has 21 heavy (non-hydrogen) atoms. The van der Waals surface area contributed by atoms with Crippen LogP contribution in [-0.4, -0.2) is 34.7 Å². The van der Waals surface area contributed by atoms with Crippen molar-refractivity contribution in [3.63, 3.8) is 0 Å². The highest BCUT2D eigenvalue weighted by Crippen LogP contribution is 2.40. The maximum absolute atomic E-state index is 11.9. The molecule has 2 rings (SSSR count). The Hall–Kier alpha value is -2.08. The molecule has 0 aromatic heterocycles. The molecule has 1 saturated carbocycles. The van der Waals surface area contributed by atoms with Crippen LogP contribution in [0, 0.1) is 5.41 Å². The summed E-state index contributed by atoms with van der Waals surface area (Å²) in [7, 11) is 0. The minimum absolute atomic E-state index is 0.129. The third kappa shape index (κ3) is 3.52. The highest BCUT2D eigenvalue weighted by molar-refractivity contribution is 5.83. The van der Waals surface area contributed by atoms with Gasteiger partial charge < -0.3 is 21.3 Å². The molecular formula is C15H20N2O4. The van der Waals surface area contributed by atoms with Gasteiger partial charge in [0.1, 0.15) is 5.75 Å². The number of benzene rings is 1. The molecule has 0 aliphatic heterocycles. The Morgan fingerprint density at radius 2 is 1.90 bits per heavy atom. The highest BCUT2D eigenvalue weighted by Gasteiger charge is 2.44. The van der Waals surface area contributed by atoms with E-state index in [-0.39, 0.29) is 18.2 Å². The Labute approximate surface area is 123 Å². The number of rotatable bonds is 6. The van der Waals surface area contributed by atoms with Crippen LogP contribution >= 0.6 is 0 Å². The molecular weight excluding hydrogens is 272 g/mol. The number of aromatic hydroxyl groups is 1. The fraction of sp³-hybridized carbons (Fsp3) is 0.467. The molecule has 1 aromatic carbocycles. The van der Waals surface area contributed by atoms with Crippen molar-refractivity contribution in [3.05, 3.63) is 29.8 Å². The number of carbonyl (C=O) groups excluding carboxylic acids is 1. The van der Waals surface area contributed by atoms with Crippen molar-refractivity contribution >= 4 is 11.9 Å². The third-order valence-corrected chi connectivity index (χ3v) is 4.09. The minimum atomic E-state index is -0.860. The summed E-state index contributed by atoms with van der Waals surface area (Å²) in [6, 6.07) is 5.74. The van der Waals surface area contributed by atoms with E-state index in [1.807, 2.05) is 0 Å². The van der Waals surface area contributed by atoms with Crippen molar-refractivity contribution in [2.75, 3.05) is 6.54 Å². The van der Waals surface area contributed by atoms with Crippen LogP contribution in [-0.2, 0) is 16.0 Å². The van der Waals surface area contributed by atoms with Crippen molar-refractivity contribution < 1.29 is 19.8 Å². The maximum Gasteiger partial charge on any atom is 0.311 e. The average molecular weight is 292 g/mol. The van der Waals surface area contributed by atoms with Gasteiger partial charge in [-0.3, -0.25) is 9.59 Å². The second kappa shape index (κ2) is 6.13. The van der Waals surface area contributed by atoms with E-state index in [0.717, 1.165) is 12.0 Å². The van der Waals surface area contributed by atoms with Gasteiger partial charge in [-0.1, -0.05) is 18.6 Å². The summed E-state index contributed by atoms with van der Waals surface area (Å²) in [5.74, 6) is -1.05. The molecule has 114 valence electrons. The Bertz CT molecular complexity index is 523. The summed E-state index contributed by atoms with van der Waals surface area (Å²) in [4.78, 5) is 23.1. The quantitative estimate of drug-likeness (QED) is 0.614. The summed E-state index contributed by atoms with van der Waals surface area (Å²) in [6.45, 7) is 0.129. The van der Waals surface area contributed by atoms with Gasteiger partial charge in [-0.15, -0.1) is 0 Å². The van der Waals surface area contributed by atoms with Crippen molar-refractivity contribution in [3.8, 4) is 5.75 Å². The lowest BCUT2D eigenvalue weighted by Gasteiger charge is -2.37. The van der Waals surface area contributed by atoms with Crippen LogP contribution in [0.4, 0.5) is 0 Å². The number of phenols is 1. The van der Waals surface area contributed by atoms with Crippen LogP contribution in [0.15, 0.2) is 24.3 Å². The molecule has 1 unspecified atom stereocenters.